The third kappa shape index (κ3) is 3.62. The average molecular weight is 279 g/mol. The highest BCUT2D eigenvalue weighted by molar-refractivity contribution is 7.10. The summed E-state index contributed by atoms with van der Waals surface area (Å²) in [4.78, 5) is 0.940. The molecule has 0 aliphatic heterocycles. The quantitative estimate of drug-likeness (QED) is 0.877. The second kappa shape index (κ2) is 6.28. The molecule has 2 nitrogen and oxygen atoms in total. The standard InChI is InChI=1S/C15H18FNOS/c1-10-5-6-12(8-13(10)16)11(2)17-9-14(18)15-4-3-7-19-15/h3-8,11,14,17-18H,9H2,1-2H3. The Kier molecular flexibility index (Phi) is 4.69. The van der Waals surface area contributed by atoms with E-state index in [0.29, 0.717) is 12.1 Å². The summed E-state index contributed by atoms with van der Waals surface area (Å²) in [6, 6.07) is 9.07. The highest BCUT2D eigenvalue weighted by Gasteiger charge is 2.12. The summed E-state index contributed by atoms with van der Waals surface area (Å²) in [5.74, 6) is -0.190. The van der Waals surface area contributed by atoms with Crippen molar-refractivity contribution in [2.24, 2.45) is 0 Å². The van der Waals surface area contributed by atoms with Crippen LogP contribution in [0.3, 0.4) is 0 Å². The Morgan fingerprint density at radius 3 is 2.79 bits per heavy atom. The molecule has 2 aromatic rings. The summed E-state index contributed by atoms with van der Waals surface area (Å²) in [5.41, 5.74) is 1.54. The van der Waals surface area contributed by atoms with Gasteiger partial charge in [0.2, 0.25) is 0 Å². The number of benzene rings is 1. The van der Waals surface area contributed by atoms with E-state index in [9.17, 15) is 9.50 Å². The lowest BCUT2D eigenvalue weighted by atomic mass is 10.1. The molecule has 0 spiro atoms. The number of halogens is 1. The highest BCUT2D eigenvalue weighted by Crippen LogP contribution is 2.20. The predicted molar refractivity (Wildman–Crippen MR) is 76.8 cm³/mol. The van der Waals surface area contributed by atoms with Crippen molar-refractivity contribution in [2.75, 3.05) is 6.54 Å². The molecule has 19 heavy (non-hydrogen) atoms. The molecule has 2 unspecified atom stereocenters. The molecule has 0 saturated carbocycles. The third-order valence-corrected chi connectivity index (χ3v) is 4.16. The Bertz CT molecular complexity index is 527. The molecule has 1 aromatic carbocycles. The van der Waals surface area contributed by atoms with Crippen molar-refractivity contribution in [3.63, 3.8) is 0 Å². The maximum atomic E-state index is 13.5. The Labute approximate surface area is 116 Å². The molecule has 2 rings (SSSR count). The van der Waals surface area contributed by atoms with E-state index >= 15 is 0 Å². The van der Waals surface area contributed by atoms with E-state index < -0.39 is 6.10 Å². The van der Waals surface area contributed by atoms with Crippen LogP contribution in [0.25, 0.3) is 0 Å². The van der Waals surface area contributed by atoms with Crippen molar-refractivity contribution >= 4 is 11.3 Å². The lowest BCUT2D eigenvalue weighted by molar-refractivity contribution is 0.174. The van der Waals surface area contributed by atoms with Gasteiger partial charge < -0.3 is 10.4 Å². The van der Waals surface area contributed by atoms with Gasteiger partial charge in [0.15, 0.2) is 0 Å². The van der Waals surface area contributed by atoms with E-state index in [1.807, 2.05) is 30.5 Å². The smallest absolute Gasteiger partial charge is 0.126 e. The van der Waals surface area contributed by atoms with Crippen molar-refractivity contribution in [3.05, 3.63) is 57.5 Å². The Hall–Kier alpha value is -1.23. The summed E-state index contributed by atoms with van der Waals surface area (Å²) in [6.07, 6.45) is -0.516. The Balaban J connectivity index is 1.93. The van der Waals surface area contributed by atoms with Crippen LogP contribution in [0.15, 0.2) is 35.7 Å². The average Bonchev–Trinajstić information content (AvgIpc) is 2.92. The van der Waals surface area contributed by atoms with Crippen LogP contribution in [0.5, 0.6) is 0 Å². The zero-order valence-electron chi connectivity index (χ0n) is 11.1. The molecule has 0 saturated heterocycles. The minimum atomic E-state index is -0.516. The van der Waals surface area contributed by atoms with Gasteiger partial charge in [0.25, 0.3) is 0 Å². The molecule has 1 heterocycles. The van der Waals surface area contributed by atoms with Gasteiger partial charge in [-0.15, -0.1) is 11.3 Å². The third-order valence-electron chi connectivity index (χ3n) is 3.18. The number of aryl methyl sites for hydroxylation is 1. The second-order valence-corrected chi connectivity index (χ2v) is 5.65. The summed E-state index contributed by atoms with van der Waals surface area (Å²) < 4.78 is 13.5. The molecule has 0 radical (unpaired) electrons. The maximum Gasteiger partial charge on any atom is 0.126 e. The van der Waals surface area contributed by atoms with E-state index in [1.54, 1.807) is 19.1 Å². The number of aliphatic hydroxyl groups is 1. The topological polar surface area (TPSA) is 32.3 Å². The molecule has 1 aromatic heterocycles. The summed E-state index contributed by atoms with van der Waals surface area (Å²) in [6.45, 7) is 4.17. The van der Waals surface area contributed by atoms with E-state index in [1.165, 1.54) is 11.3 Å². The number of hydrogen-bond donors (Lipinski definition) is 2. The van der Waals surface area contributed by atoms with Crippen molar-refractivity contribution in [1.82, 2.24) is 5.32 Å². The fourth-order valence-electron chi connectivity index (χ4n) is 1.87. The molecule has 0 aliphatic rings. The first kappa shape index (κ1) is 14.2. The molecule has 0 amide bonds. The molecule has 2 atom stereocenters. The van der Waals surface area contributed by atoms with Crippen molar-refractivity contribution in [2.45, 2.75) is 26.0 Å². The van der Waals surface area contributed by atoms with Crippen LogP contribution in [-0.4, -0.2) is 11.7 Å². The zero-order valence-corrected chi connectivity index (χ0v) is 11.9. The van der Waals surface area contributed by atoms with E-state index in [4.69, 9.17) is 0 Å². The fraction of sp³-hybridized carbons (Fsp3) is 0.333. The molecule has 4 heteroatoms. The normalized spacial score (nSPS) is 14.3. The summed E-state index contributed by atoms with van der Waals surface area (Å²) in [7, 11) is 0. The lowest BCUT2D eigenvalue weighted by Gasteiger charge is -2.17. The predicted octanol–water partition coefficient (Wildman–Crippen LogP) is 3.58. The van der Waals surface area contributed by atoms with Gasteiger partial charge in [-0.1, -0.05) is 18.2 Å². The summed E-state index contributed by atoms with van der Waals surface area (Å²) in [5, 5.41) is 15.1. The minimum Gasteiger partial charge on any atom is -0.386 e. The van der Waals surface area contributed by atoms with Gasteiger partial charge in [-0.25, -0.2) is 4.39 Å². The number of thiophene rings is 1. The van der Waals surface area contributed by atoms with Gasteiger partial charge in [-0.05, 0) is 42.5 Å². The van der Waals surface area contributed by atoms with Gasteiger partial charge in [0.05, 0.1) is 0 Å². The first-order chi connectivity index (χ1) is 9.08. The number of aliphatic hydroxyl groups excluding tert-OH is 1. The second-order valence-electron chi connectivity index (χ2n) is 4.67. The highest BCUT2D eigenvalue weighted by atomic mass is 32.1. The molecule has 2 N–H and O–H groups in total. The number of rotatable bonds is 5. The SMILES string of the molecule is Cc1ccc(C(C)NCC(O)c2cccs2)cc1F. The maximum absolute atomic E-state index is 13.5. The van der Waals surface area contributed by atoms with Gasteiger partial charge >= 0.3 is 0 Å². The van der Waals surface area contributed by atoms with Crippen LogP contribution in [0, 0.1) is 12.7 Å². The largest absolute Gasteiger partial charge is 0.386 e. The van der Waals surface area contributed by atoms with Crippen LogP contribution in [-0.2, 0) is 0 Å². The van der Waals surface area contributed by atoms with Crippen LogP contribution < -0.4 is 5.32 Å². The van der Waals surface area contributed by atoms with Crippen molar-refractivity contribution in [1.29, 1.82) is 0 Å². The van der Waals surface area contributed by atoms with Crippen LogP contribution in [0.4, 0.5) is 4.39 Å². The monoisotopic (exact) mass is 279 g/mol. The van der Waals surface area contributed by atoms with Gasteiger partial charge in [-0.3, -0.25) is 0 Å². The number of hydrogen-bond acceptors (Lipinski definition) is 3. The van der Waals surface area contributed by atoms with Crippen LogP contribution in [0.1, 0.15) is 35.1 Å². The van der Waals surface area contributed by atoms with Gasteiger partial charge in [-0.2, -0.15) is 0 Å². The van der Waals surface area contributed by atoms with E-state index in [0.717, 1.165) is 10.4 Å². The zero-order chi connectivity index (χ0) is 13.8. The van der Waals surface area contributed by atoms with Crippen LogP contribution in [0.2, 0.25) is 0 Å². The molecule has 0 fully saturated rings. The molecule has 0 aliphatic carbocycles. The fourth-order valence-corrected chi connectivity index (χ4v) is 2.58. The summed E-state index contributed by atoms with van der Waals surface area (Å²) >= 11 is 1.53. The Morgan fingerprint density at radius 1 is 1.37 bits per heavy atom. The van der Waals surface area contributed by atoms with Gasteiger partial charge in [0.1, 0.15) is 11.9 Å². The van der Waals surface area contributed by atoms with Crippen LogP contribution >= 0.6 is 11.3 Å². The molecule has 102 valence electrons. The van der Waals surface area contributed by atoms with Gasteiger partial charge in [0, 0.05) is 17.5 Å². The molecule has 0 bridgehead atoms. The minimum absolute atomic E-state index is 0.00436. The van der Waals surface area contributed by atoms with Crippen molar-refractivity contribution in [3.8, 4) is 0 Å². The Morgan fingerprint density at radius 2 is 2.16 bits per heavy atom. The number of nitrogens with one attached hydrogen (secondary N) is 1. The molecular formula is C15H18FNOS. The lowest BCUT2D eigenvalue weighted by Crippen LogP contribution is -2.24. The van der Waals surface area contributed by atoms with E-state index in [2.05, 4.69) is 5.32 Å². The van der Waals surface area contributed by atoms with Crippen molar-refractivity contribution < 1.29 is 9.50 Å². The van der Waals surface area contributed by atoms with E-state index in [-0.39, 0.29) is 11.9 Å². The first-order valence-electron chi connectivity index (χ1n) is 6.29. The molecular weight excluding hydrogens is 261 g/mol. The first-order valence-corrected chi connectivity index (χ1v) is 7.17.